The molecule has 0 radical (unpaired) electrons. The first-order valence-corrected chi connectivity index (χ1v) is 6.63. The van der Waals surface area contributed by atoms with Crippen LogP contribution in [0, 0.1) is 6.92 Å². The van der Waals surface area contributed by atoms with Gasteiger partial charge in [0.05, 0.1) is 12.1 Å². The van der Waals surface area contributed by atoms with E-state index in [9.17, 15) is 0 Å². The van der Waals surface area contributed by atoms with Crippen molar-refractivity contribution in [2.45, 2.75) is 13.3 Å². The molecule has 0 spiro atoms. The van der Waals surface area contributed by atoms with Gasteiger partial charge in [-0.1, -0.05) is 11.6 Å². The van der Waals surface area contributed by atoms with Crippen LogP contribution in [0.15, 0.2) is 18.2 Å². The molecule has 4 nitrogen and oxygen atoms in total. The summed E-state index contributed by atoms with van der Waals surface area (Å²) in [4.78, 5) is 4.52. The average Bonchev–Trinajstić information content (AvgIpc) is 2.39. The van der Waals surface area contributed by atoms with Crippen LogP contribution in [0.1, 0.15) is 12.1 Å². The molecule has 0 aliphatic carbocycles. The quantitative estimate of drug-likeness (QED) is 0.826. The molecule has 0 saturated heterocycles. The summed E-state index contributed by atoms with van der Waals surface area (Å²) >= 11 is 6.30. The molecule has 3 N–H and O–H groups in total. The van der Waals surface area contributed by atoms with Crippen LogP contribution in [-0.2, 0) is 0 Å². The highest BCUT2D eigenvalue weighted by Gasteiger charge is 2.12. The van der Waals surface area contributed by atoms with Crippen molar-refractivity contribution >= 4 is 28.2 Å². The molecule has 1 aromatic carbocycles. The molecule has 2 aromatic rings. The van der Waals surface area contributed by atoms with Crippen LogP contribution in [-0.4, -0.2) is 25.2 Å². The normalized spacial score (nSPS) is 10.7. The highest BCUT2D eigenvalue weighted by molar-refractivity contribution is 6.36. The number of rotatable bonds is 5. The van der Waals surface area contributed by atoms with Gasteiger partial charge in [0, 0.05) is 23.3 Å². The molecule has 1 aromatic heterocycles. The fraction of sp³-hybridized carbons (Fsp3) is 0.357. The lowest BCUT2D eigenvalue weighted by Crippen LogP contribution is -2.09. The van der Waals surface area contributed by atoms with Gasteiger partial charge in [-0.25, -0.2) is 4.98 Å². The number of pyridine rings is 1. The fourth-order valence-electron chi connectivity index (χ4n) is 2.03. The SMILES string of the molecule is COc1ccc(Cl)c2c(NCCCN)cc(C)nc12. The Morgan fingerprint density at radius 3 is 2.89 bits per heavy atom. The number of aryl methyl sites for hydroxylation is 1. The third-order valence-corrected chi connectivity index (χ3v) is 3.23. The first-order chi connectivity index (χ1) is 9.17. The molecule has 5 heteroatoms. The summed E-state index contributed by atoms with van der Waals surface area (Å²) in [7, 11) is 1.63. The molecule has 0 bridgehead atoms. The van der Waals surface area contributed by atoms with E-state index in [1.54, 1.807) is 7.11 Å². The van der Waals surface area contributed by atoms with Crippen LogP contribution >= 0.6 is 11.6 Å². The Balaban J connectivity index is 2.55. The molecule has 0 aliphatic heterocycles. The Labute approximate surface area is 117 Å². The first-order valence-electron chi connectivity index (χ1n) is 6.25. The Morgan fingerprint density at radius 1 is 1.42 bits per heavy atom. The van der Waals surface area contributed by atoms with Crippen LogP contribution in [0.2, 0.25) is 5.02 Å². The molecule has 0 atom stereocenters. The Kier molecular flexibility index (Phi) is 4.45. The molecular weight excluding hydrogens is 262 g/mol. The number of anilines is 1. The summed E-state index contributed by atoms with van der Waals surface area (Å²) in [5.41, 5.74) is 8.19. The van der Waals surface area contributed by atoms with Crippen molar-refractivity contribution < 1.29 is 4.74 Å². The number of nitrogens with two attached hydrogens (primary N) is 1. The summed E-state index contributed by atoms with van der Waals surface area (Å²) in [5, 5.41) is 4.92. The van der Waals surface area contributed by atoms with Gasteiger partial charge in [-0.15, -0.1) is 0 Å². The number of benzene rings is 1. The van der Waals surface area contributed by atoms with Crippen LogP contribution in [0.5, 0.6) is 5.75 Å². The maximum absolute atomic E-state index is 6.30. The molecule has 0 amide bonds. The van der Waals surface area contributed by atoms with Crippen molar-refractivity contribution in [1.29, 1.82) is 0 Å². The van der Waals surface area contributed by atoms with Gasteiger partial charge in [-0.3, -0.25) is 0 Å². The third-order valence-electron chi connectivity index (χ3n) is 2.92. The zero-order valence-corrected chi connectivity index (χ0v) is 11.9. The molecule has 102 valence electrons. The number of nitrogens with one attached hydrogen (secondary N) is 1. The molecular formula is C14H18ClN3O. The van der Waals surface area contributed by atoms with E-state index in [0.29, 0.717) is 11.6 Å². The van der Waals surface area contributed by atoms with Gasteiger partial charge in [-0.05, 0) is 38.1 Å². The molecule has 0 saturated carbocycles. The average molecular weight is 280 g/mol. The maximum Gasteiger partial charge on any atom is 0.145 e. The standard InChI is InChI=1S/C14H18ClN3O/c1-9-8-11(17-7-3-6-16)13-10(15)4-5-12(19-2)14(13)18-9/h4-5,8H,3,6-7,16H2,1-2H3,(H,17,18). The van der Waals surface area contributed by atoms with Crippen molar-refractivity contribution in [3.63, 3.8) is 0 Å². The number of hydrogen-bond acceptors (Lipinski definition) is 4. The van der Waals surface area contributed by atoms with Gasteiger partial charge in [0.25, 0.3) is 0 Å². The minimum Gasteiger partial charge on any atom is -0.494 e. The summed E-state index contributed by atoms with van der Waals surface area (Å²) < 4.78 is 5.35. The second kappa shape index (κ2) is 6.08. The molecule has 0 unspecified atom stereocenters. The van der Waals surface area contributed by atoms with E-state index in [1.807, 2.05) is 25.1 Å². The van der Waals surface area contributed by atoms with E-state index in [-0.39, 0.29) is 0 Å². The number of hydrogen-bond donors (Lipinski definition) is 2. The molecule has 19 heavy (non-hydrogen) atoms. The van der Waals surface area contributed by atoms with Gasteiger partial charge in [0.2, 0.25) is 0 Å². The monoisotopic (exact) mass is 279 g/mol. The highest BCUT2D eigenvalue weighted by Crippen LogP contribution is 2.35. The van der Waals surface area contributed by atoms with E-state index in [4.69, 9.17) is 22.1 Å². The van der Waals surface area contributed by atoms with Gasteiger partial charge >= 0.3 is 0 Å². The fourth-order valence-corrected chi connectivity index (χ4v) is 2.29. The molecule has 1 heterocycles. The van der Waals surface area contributed by atoms with E-state index >= 15 is 0 Å². The number of methoxy groups -OCH3 is 1. The van der Waals surface area contributed by atoms with Crippen molar-refractivity contribution in [3.8, 4) is 5.75 Å². The molecule has 0 fully saturated rings. The zero-order chi connectivity index (χ0) is 13.8. The van der Waals surface area contributed by atoms with Gasteiger partial charge < -0.3 is 15.8 Å². The first kappa shape index (κ1) is 13.9. The highest BCUT2D eigenvalue weighted by atomic mass is 35.5. The lowest BCUT2D eigenvalue weighted by Gasteiger charge is -2.13. The van der Waals surface area contributed by atoms with Crippen molar-refractivity contribution in [3.05, 3.63) is 28.9 Å². The van der Waals surface area contributed by atoms with Crippen molar-refractivity contribution in [1.82, 2.24) is 4.98 Å². The van der Waals surface area contributed by atoms with Gasteiger partial charge in [-0.2, -0.15) is 0 Å². The Bertz CT molecular complexity index is 586. The molecule has 2 rings (SSSR count). The van der Waals surface area contributed by atoms with Crippen molar-refractivity contribution in [2.75, 3.05) is 25.5 Å². The minimum absolute atomic E-state index is 0.659. The Hall–Kier alpha value is -1.52. The third kappa shape index (κ3) is 2.91. The maximum atomic E-state index is 6.30. The van der Waals surface area contributed by atoms with E-state index in [0.717, 1.165) is 41.0 Å². The van der Waals surface area contributed by atoms with Gasteiger partial charge in [0.1, 0.15) is 11.3 Å². The van der Waals surface area contributed by atoms with Crippen LogP contribution in [0.3, 0.4) is 0 Å². The summed E-state index contributed by atoms with van der Waals surface area (Å²) in [6.07, 6.45) is 0.907. The summed E-state index contributed by atoms with van der Waals surface area (Å²) in [5.74, 6) is 0.727. The van der Waals surface area contributed by atoms with Gasteiger partial charge in [0.15, 0.2) is 0 Å². The molecule has 0 aliphatic rings. The minimum atomic E-state index is 0.659. The lowest BCUT2D eigenvalue weighted by molar-refractivity contribution is 0.419. The summed E-state index contributed by atoms with van der Waals surface area (Å²) in [6, 6.07) is 5.65. The number of fused-ring (bicyclic) bond motifs is 1. The van der Waals surface area contributed by atoms with E-state index in [2.05, 4.69) is 10.3 Å². The topological polar surface area (TPSA) is 60.2 Å². The predicted octanol–water partition coefficient (Wildman–Crippen LogP) is 2.97. The lowest BCUT2D eigenvalue weighted by atomic mass is 10.1. The largest absolute Gasteiger partial charge is 0.494 e. The smallest absolute Gasteiger partial charge is 0.145 e. The van der Waals surface area contributed by atoms with Crippen LogP contribution in [0.25, 0.3) is 10.9 Å². The van der Waals surface area contributed by atoms with Crippen LogP contribution in [0.4, 0.5) is 5.69 Å². The van der Waals surface area contributed by atoms with Crippen molar-refractivity contribution in [2.24, 2.45) is 5.73 Å². The van der Waals surface area contributed by atoms with E-state index < -0.39 is 0 Å². The second-order valence-corrected chi connectivity index (χ2v) is 4.76. The van der Waals surface area contributed by atoms with E-state index in [1.165, 1.54) is 0 Å². The number of nitrogens with zero attached hydrogens (tertiary/aromatic N) is 1. The number of halogens is 1. The predicted molar refractivity (Wildman–Crippen MR) is 80.2 cm³/mol. The summed E-state index contributed by atoms with van der Waals surface area (Å²) in [6.45, 7) is 3.42. The number of aromatic nitrogens is 1. The zero-order valence-electron chi connectivity index (χ0n) is 11.2. The second-order valence-electron chi connectivity index (χ2n) is 4.35. The van der Waals surface area contributed by atoms with Crippen LogP contribution < -0.4 is 15.8 Å². The Morgan fingerprint density at radius 2 is 2.21 bits per heavy atom. The number of ether oxygens (including phenoxy) is 1.